The number of benzene rings is 1. The average molecular weight is 454 g/mol. The van der Waals surface area contributed by atoms with Crippen LogP contribution in [-0.4, -0.2) is 88.3 Å². The van der Waals surface area contributed by atoms with Crippen LogP contribution in [0, 0.1) is 5.41 Å². The van der Waals surface area contributed by atoms with Gasteiger partial charge in [-0.25, -0.2) is 5.06 Å². The SMILES string of the molecule is C[C@H]1COCCN1c1nc(Oc2ccc(C(=O)N(C)C)cc2)nc(C2=CCC(=N)N(O)C2)n1. The van der Waals surface area contributed by atoms with Crippen molar-refractivity contribution >= 4 is 23.3 Å². The summed E-state index contributed by atoms with van der Waals surface area (Å²) in [4.78, 5) is 29.3. The smallest absolute Gasteiger partial charge is 0.327 e. The van der Waals surface area contributed by atoms with Crippen LogP contribution in [0.25, 0.3) is 5.57 Å². The van der Waals surface area contributed by atoms with Crippen molar-refractivity contribution in [3.05, 3.63) is 41.7 Å². The van der Waals surface area contributed by atoms with Crippen molar-refractivity contribution < 1.29 is 19.5 Å². The fraction of sp³-hybridized carbons (Fsp3) is 0.409. The first-order valence-electron chi connectivity index (χ1n) is 10.6. The Balaban J connectivity index is 1.66. The number of hydrogen-bond donors (Lipinski definition) is 2. The number of carbonyl (C=O) groups excluding carboxylic acids is 1. The number of ether oxygens (including phenoxy) is 2. The highest BCUT2D eigenvalue weighted by atomic mass is 16.5. The van der Waals surface area contributed by atoms with Gasteiger partial charge in [-0.05, 0) is 31.2 Å². The topological polar surface area (TPSA) is 128 Å². The summed E-state index contributed by atoms with van der Waals surface area (Å²) in [6.07, 6.45) is 2.10. The van der Waals surface area contributed by atoms with Crippen LogP contribution in [0.15, 0.2) is 30.3 Å². The van der Waals surface area contributed by atoms with E-state index in [0.29, 0.717) is 48.4 Å². The molecule has 0 aliphatic carbocycles. The van der Waals surface area contributed by atoms with Gasteiger partial charge < -0.3 is 19.3 Å². The Hall–Kier alpha value is -3.57. The normalized spacial score (nSPS) is 18.7. The monoisotopic (exact) mass is 453 g/mol. The molecule has 1 amide bonds. The summed E-state index contributed by atoms with van der Waals surface area (Å²) in [5, 5.41) is 18.6. The minimum atomic E-state index is -0.101. The van der Waals surface area contributed by atoms with Crippen LogP contribution in [-0.2, 0) is 4.74 Å². The van der Waals surface area contributed by atoms with Crippen molar-refractivity contribution in [2.75, 3.05) is 45.3 Å². The molecule has 1 saturated heterocycles. The molecule has 2 aromatic rings. The number of anilines is 1. The lowest BCUT2D eigenvalue weighted by atomic mass is 10.1. The van der Waals surface area contributed by atoms with Gasteiger partial charge in [0, 0.05) is 38.2 Å². The van der Waals surface area contributed by atoms with Crippen molar-refractivity contribution in [3.63, 3.8) is 0 Å². The summed E-state index contributed by atoms with van der Waals surface area (Å²) < 4.78 is 11.5. The second-order valence-corrected chi connectivity index (χ2v) is 8.12. The van der Waals surface area contributed by atoms with Crippen molar-refractivity contribution in [2.24, 2.45) is 0 Å². The lowest BCUT2D eigenvalue weighted by Gasteiger charge is -2.33. The van der Waals surface area contributed by atoms with E-state index in [1.54, 1.807) is 38.4 Å². The zero-order chi connectivity index (χ0) is 23.5. The van der Waals surface area contributed by atoms with E-state index in [1.807, 2.05) is 17.9 Å². The van der Waals surface area contributed by atoms with Crippen LogP contribution < -0.4 is 9.64 Å². The first kappa shape index (κ1) is 22.6. The van der Waals surface area contributed by atoms with Gasteiger partial charge in [-0.3, -0.25) is 15.4 Å². The standard InChI is InChI=1S/C22H27N7O4/c1-14-13-32-11-10-28(14)21-24-19(16-6-9-18(23)29(31)12-16)25-22(26-21)33-17-7-4-15(5-8-17)20(30)27(2)3/h4-8,14,23,31H,9-13H2,1-3H3/t14-/m0/s1. The fourth-order valence-corrected chi connectivity index (χ4v) is 3.53. The van der Waals surface area contributed by atoms with Crippen molar-refractivity contribution in [1.82, 2.24) is 24.9 Å². The molecule has 0 radical (unpaired) electrons. The fourth-order valence-electron chi connectivity index (χ4n) is 3.53. The minimum absolute atomic E-state index is 0.0704. The van der Waals surface area contributed by atoms with E-state index in [0.717, 1.165) is 5.06 Å². The first-order valence-corrected chi connectivity index (χ1v) is 10.6. The quantitative estimate of drug-likeness (QED) is 0.699. The second kappa shape index (κ2) is 9.51. The molecule has 0 saturated carbocycles. The molecule has 0 spiro atoms. The number of amidine groups is 1. The Morgan fingerprint density at radius 3 is 2.67 bits per heavy atom. The lowest BCUT2D eigenvalue weighted by molar-refractivity contribution is -0.00509. The average Bonchev–Trinajstić information content (AvgIpc) is 2.81. The number of morpholine rings is 1. The predicted molar refractivity (Wildman–Crippen MR) is 121 cm³/mol. The molecule has 0 bridgehead atoms. The van der Waals surface area contributed by atoms with Crippen LogP contribution in [0.3, 0.4) is 0 Å². The highest BCUT2D eigenvalue weighted by Crippen LogP contribution is 2.26. The molecular weight excluding hydrogens is 426 g/mol. The number of hydrogen-bond acceptors (Lipinski definition) is 9. The molecule has 1 atom stereocenters. The van der Waals surface area contributed by atoms with E-state index in [1.165, 1.54) is 4.90 Å². The maximum absolute atomic E-state index is 12.1. The molecule has 1 fully saturated rings. The summed E-state index contributed by atoms with van der Waals surface area (Å²) in [7, 11) is 3.39. The van der Waals surface area contributed by atoms with E-state index < -0.39 is 0 Å². The molecule has 174 valence electrons. The van der Waals surface area contributed by atoms with Crippen LogP contribution in [0.2, 0.25) is 0 Å². The molecule has 3 heterocycles. The van der Waals surface area contributed by atoms with E-state index in [4.69, 9.17) is 14.9 Å². The molecule has 11 heteroatoms. The van der Waals surface area contributed by atoms with Crippen molar-refractivity contribution in [1.29, 1.82) is 5.41 Å². The largest absolute Gasteiger partial charge is 0.424 e. The van der Waals surface area contributed by atoms with Gasteiger partial charge in [0.25, 0.3) is 5.91 Å². The Morgan fingerprint density at radius 1 is 1.24 bits per heavy atom. The van der Waals surface area contributed by atoms with Gasteiger partial charge in [0.05, 0.1) is 25.8 Å². The third-order valence-corrected chi connectivity index (χ3v) is 5.40. The van der Waals surface area contributed by atoms with Gasteiger partial charge in [-0.1, -0.05) is 6.08 Å². The van der Waals surface area contributed by atoms with Crippen LogP contribution in [0.4, 0.5) is 5.95 Å². The molecule has 2 aliphatic rings. The van der Waals surface area contributed by atoms with Crippen molar-refractivity contribution in [2.45, 2.75) is 19.4 Å². The Kier molecular flexibility index (Phi) is 6.52. The van der Waals surface area contributed by atoms with Gasteiger partial charge in [-0.15, -0.1) is 0 Å². The third kappa shape index (κ3) is 5.10. The maximum Gasteiger partial charge on any atom is 0.327 e. The minimum Gasteiger partial charge on any atom is -0.424 e. The molecule has 1 aromatic heterocycles. The summed E-state index contributed by atoms with van der Waals surface area (Å²) >= 11 is 0. The third-order valence-electron chi connectivity index (χ3n) is 5.40. The number of aromatic nitrogens is 3. The van der Waals surface area contributed by atoms with Gasteiger partial charge in [0.1, 0.15) is 11.6 Å². The molecule has 2 N–H and O–H groups in total. The molecule has 1 aromatic carbocycles. The van der Waals surface area contributed by atoms with Crippen LogP contribution >= 0.6 is 0 Å². The van der Waals surface area contributed by atoms with E-state index in [9.17, 15) is 10.0 Å². The first-order chi connectivity index (χ1) is 15.8. The van der Waals surface area contributed by atoms with E-state index >= 15 is 0 Å². The predicted octanol–water partition coefficient (Wildman–Crippen LogP) is 2.05. The van der Waals surface area contributed by atoms with Crippen LogP contribution in [0.1, 0.15) is 29.5 Å². The van der Waals surface area contributed by atoms with E-state index in [-0.39, 0.29) is 36.8 Å². The summed E-state index contributed by atoms with van der Waals surface area (Å²) in [5.41, 5.74) is 1.22. The Morgan fingerprint density at radius 2 is 2.00 bits per heavy atom. The van der Waals surface area contributed by atoms with Gasteiger partial charge in [0.2, 0.25) is 5.95 Å². The zero-order valence-electron chi connectivity index (χ0n) is 18.9. The molecule has 2 aliphatic heterocycles. The van der Waals surface area contributed by atoms with Crippen molar-refractivity contribution in [3.8, 4) is 11.8 Å². The molecule has 11 nitrogen and oxygen atoms in total. The number of rotatable bonds is 5. The highest BCUT2D eigenvalue weighted by molar-refractivity contribution is 5.94. The number of hydroxylamine groups is 2. The van der Waals surface area contributed by atoms with Gasteiger partial charge in [0.15, 0.2) is 5.82 Å². The molecule has 33 heavy (non-hydrogen) atoms. The summed E-state index contributed by atoms with van der Waals surface area (Å²) in [6, 6.07) is 6.92. The lowest BCUT2D eigenvalue weighted by Crippen LogP contribution is -2.44. The Labute approximate surface area is 191 Å². The number of carbonyl (C=O) groups is 1. The second-order valence-electron chi connectivity index (χ2n) is 8.12. The number of amides is 1. The molecular formula is C22H27N7O4. The van der Waals surface area contributed by atoms with E-state index in [2.05, 4.69) is 15.0 Å². The highest BCUT2D eigenvalue weighted by Gasteiger charge is 2.25. The molecule has 4 rings (SSSR count). The number of nitrogens with one attached hydrogen (secondary N) is 1. The van der Waals surface area contributed by atoms with Crippen LogP contribution in [0.5, 0.6) is 11.8 Å². The zero-order valence-corrected chi connectivity index (χ0v) is 18.9. The van der Waals surface area contributed by atoms with Gasteiger partial charge >= 0.3 is 6.01 Å². The summed E-state index contributed by atoms with van der Waals surface area (Å²) in [6.45, 7) is 3.87. The number of nitrogens with zero attached hydrogens (tertiary/aromatic N) is 6. The summed E-state index contributed by atoms with van der Waals surface area (Å²) in [5.74, 6) is 1.32. The maximum atomic E-state index is 12.1. The van der Waals surface area contributed by atoms with Gasteiger partial charge in [-0.2, -0.15) is 15.0 Å². The Bertz CT molecular complexity index is 1070. The molecule has 0 unspecified atom stereocenters.